The molecule has 0 bridgehead atoms. The van der Waals surface area contributed by atoms with Crippen LogP contribution in [0.5, 0.6) is 0 Å². The van der Waals surface area contributed by atoms with E-state index in [1.807, 2.05) is 4.90 Å². The van der Waals surface area contributed by atoms with E-state index in [2.05, 4.69) is 9.72 Å². The van der Waals surface area contributed by atoms with Crippen molar-refractivity contribution in [3.63, 3.8) is 0 Å². The first-order valence-electron chi connectivity index (χ1n) is 6.18. The van der Waals surface area contributed by atoms with Crippen LogP contribution in [0, 0.1) is 6.92 Å². The van der Waals surface area contributed by atoms with Crippen LogP contribution in [0.2, 0.25) is 0 Å². The molecule has 1 aliphatic heterocycles. The van der Waals surface area contributed by atoms with Gasteiger partial charge < -0.3 is 19.5 Å². The lowest BCUT2D eigenvalue weighted by molar-refractivity contribution is -0.150. The molecule has 0 aromatic carbocycles. The minimum Gasteiger partial charge on any atom is -0.479 e. The lowest BCUT2D eigenvalue weighted by atomic mass is 10.2. The third-order valence-corrected chi connectivity index (χ3v) is 3.14. The zero-order valence-corrected chi connectivity index (χ0v) is 11.3. The average molecular weight is 280 g/mol. The molecule has 1 aromatic heterocycles. The second-order valence-electron chi connectivity index (χ2n) is 4.44. The standard InChI is InChI=1S/C13H16N2O5/c1-8-9(13(18)19-2)3-4-11(14-8)15-5-6-20-10(7-15)12(16)17/h3-4,10H,5-7H2,1-2H3,(H,16,17). The first kappa shape index (κ1) is 14.3. The summed E-state index contributed by atoms with van der Waals surface area (Å²) in [6.07, 6.45) is -0.855. The van der Waals surface area contributed by atoms with E-state index in [4.69, 9.17) is 9.84 Å². The monoisotopic (exact) mass is 280 g/mol. The van der Waals surface area contributed by atoms with Crippen molar-refractivity contribution in [3.8, 4) is 0 Å². The molecule has 1 aromatic rings. The summed E-state index contributed by atoms with van der Waals surface area (Å²) >= 11 is 0. The van der Waals surface area contributed by atoms with Crippen LogP contribution in [0.15, 0.2) is 12.1 Å². The number of hydrogen-bond donors (Lipinski definition) is 1. The summed E-state index contributed by atoms with van der Waals surface area (Å²) in [4.78, 5) is 28.6. The van der Waals surface area contributed by atoms with Crippen LogP contribution in [0.25, 0.3) is 0 Å². The minimum atomic E-state index is -0.988. The Balaban J connectivity index is 2.19. The van der Waals surface area contributed by atoms with Crippen molar-refractivity contribution in [2.45, 2.75) is 13.0 Å². The van der Waals surface area contributed by atoms with Crippen LogP contribution in [0.4, 0.5) is 5.82 Å². The Morgan fingerprint density at radius 2 is 2.25 bits per heavy atom. The highest BCUT2D eigenvalue weighted by molar-refractivity contribution is 5.90. The fraction of sp³-hybridized carbons (Fsp3) is 0.462. The first-order chi connectivity index (χ1) is 9.52. The number of hydrogen-bond acceptors (Lipinski definition) is 6. The van der Waals surface area contributed by atoms with Crippen LogP contribution >= 0.6 is 0 Å². The molecular weight excluding hydrogens is 264 g/mol. The number of nitrogens with zero attached hydrogens (tertiary/aromatic N) is 2. The number of carbonyl (C=O) groups excluding carboxylic acids is 1. The summed E-state index contributed by atoms with van der Waals surface area (Å²) in [5.74, 6) is -0.797. The zero-order chi connectivity index (χ0) is 14.7. The molecule has 1 fully saturated rings. The van der Waals surface area contributed by atoms with Gasteiger partial charge in [0.25, 0.3) is 0 Å². The van der Waals surface area contributed by atoms with Crippen LogP contribution in [0.3, 0.4) is 0 Å². The van der Waals surface area contributed by atoms with Gasteiger partial charge in [0.1, 0.15) is 5.82 Å². The molecule has 1 aliphatic rings. The molecule has 0 saturated carbocycles. The molecule has 0 radical (unpaired) electrons. The quantitative estimate of drug-likeness (QED) is 0.805. The van der Waals surface area contributed by atoms with Gasteiger partial charge in [-0.15, -0.1) is 0 Å². The molecule has 2 heterocycles. The number of rotatable bonds is 3. The fourth-order valence-corrected chi connectivity index (χ4v) is 2.06. The average Bonchev–Trinajstić information content (AvgIpc) is 2.46. The maximum atomic E-state index is 11.5. The highest BCUT2D eigenvalue weighted by Gasteiger charge is 2.27. The number of pyridine rings is 1. The molecule has 7 heteroatoms. The maximum Gasteiger partial charge on any atom is 0.339 e. The number of carbonyl (C=O) groups is 2. The molecule has 1 saturated heterocycles. The van der Waals surface area contributed by atoms with Gasteiger partial charge in [0.15, 0.2) is 6.10 Å². The van der Waals surface area contributed by atoms with Crippen LogP contribution < -0.4 is 4.90 Å². The normalized spacial score (nSPS) is 18.7. The van der Waals surface area contributed by atoms with Gasteiger partial charge in [0, 0.05) is 6.54 Å². The van der Waals surface area contributed by atoms with Crippen molar-refractivity contribution in [2.24, 2.45) is 0 Å². The van der Waals surface area contributed by atoms with Crippen molar-refractivity contribution in [3.05, 3.63) is 23.4 Å². The number of aryl methyl sites for hydroxylation is 1. The predicted molar refractivity (Wildman–Crippen MR) is 69.9 cm³/mol. The smallest absolute Gasteiger partial charge is 0.339 e. The van der Waals surface area contributed by atoms with Gasteiger partial charge in [-0.05, 0) is 19.1 Å². The number of morpholine rings is 1. The van der Waals surface area contributed by atoms with E-state index in [-0.39, 0.29) is 6.54 Å². The topological polar surface area (TPSA) is 89.0 Å². The lowest BCUT2D eigenvalue weighted by Gasteiger charge is -2.31. The molecule has 2 rings (SSSR count). The van der Waals surface area contributed by atoms with Crippen molar-refractivity contribution >= 4 is 17.8 Å². The van der Waals surface area contributed by atoms with E-state index in [1.54, 1.807) is 19.1 Å². The van der Waals surface area contributed by atoms with Gasteiger partial charge >= 0.3 is 11.9 Å². The maximum absolute atomic E-state index is 11.5. The number of aliphatic carboxylic acids is 1. The minimum absolute atomic E-state index is 0.235. The number of carboxylic acids is 1. The molecule has 1 unspecified atom stereocenters. The summed E-state index contributed by atoms with van der Waals surface area (Å²) in [7, 11) is 1.31. The Morgan fingerprint density at radius 1 is 1.50 bits per heavy atom. The Hall–Kier alpha value is -2.15. The SMILES string of the molecule is COC(=O)c1ccc(N2CCOC(C(=O)O)C2)nc1C. The molecule has 108 valence electrons. The summed E-state index contributed by atoms with van der Waals surface area (Å²) in [5.41, 5.74) is 0.951. The second kappa shape index (κ2) is 5.87. The van der Waals surface area contributed by atoms with Gasteiger partial charge in [-0.3, -0.25) is 0 Å². The summed E-state index contributed by atoms with van der Waals surface area (Å²) < 4.78 is 9.82. The van der Waals surface area contributed by atoms with Gasteiger partial charge in [0.05, 0.1) is 31.5 Å². The lowest BCUT2D eigenvalue weighted by Crippen LogP contribution is -2.46. The highest BCUT2D eigenvalue weighted by Crippen LogP contribution is 2.18. The number of carboxylic acid groups (broad SMARTS) is 1. The largest absolute Gasteiger partial charge is 0.479 e. The van der Waals surface area contributed by atoms with E-state index >= 15 is 0 Å². The number of methoxy groups -OCH3 is 1. The molecule has 7 nitrogen and oxygen atoms in total. The summed E-state index contributed by atoms with van der Waals surface area (Å²) in [6.45, 7) is 2.84. The number of esters is 1. The Kier molecular flexibility index (Phi) is 4.19. The van der Waals surface area contributed by atoms with Gasteiger partial charge in [-0.2, -0.15) is 0 Å². The number of ether oxygens (including phenoxy) is 2. The van der Waals surface area contributed by atoms with Gasteiger partial charge in [-0.25, -0.2) is 14.6 Å². The molecule has 1 N–H and O–H groups in total. The first-order valence-corrected chi connectivity index (χ1v) is 6.18. The van der Waals surface area contributed by atoms with Crippen LogP contribution in [-0.2, 0) is 14.3 Å². The fourth-order valence-electron chi connectivity index (χ4n) is 2.06. The Labute approximate surface area is 116 Å². The number of aromatic nitrogens is 1. The molecule has 1 atom stereocenters. The summed E-state index contributed by atoms with van der Waals surface area (Å²) in [5, 5.41) is 8.97. The second-order valence-corrected chi connectivity index (χ2v) is 4.44. The van der Waals surface area contributed by atoms with E-state index < -0.39 is 18.0 Å². The Morgan fingerprint density at radius 3 is 2.85 bits per heavy atom. The molecule has 0 spiro atoms. The third-order valence-electron chi connectivity index (χ3n) is 3.14. The number of anilines is 1. The highest BCUT2D eigenvalue weighted by atomic mass is 16.5. The van der Waals surface area contributed by atoms with E-state index in [1.165, 1.54) is 7.11 Å². The van der Waals surface area contributed by atoms with E-state index in [0.717, 1.165) is 0 Å². The Bertz CT molecular complexity index is 531. The molecule has 20 heavy (non-hydrogen) atoms. The van der Waals surface area contributed by atoms with E-state index in [0.29, 0.717) is 30.2 Å². The van der Waals surface area contributed by atoms with Crippen molar-refractivity contribution in [1.82, 2.24) is 4.98 Å². The van der Waals surface area contributed by atoms with Crippen LogP contribution in [-0.4, -0.2) is 54.9 Å². The van der Waals surface area contributed by atoms with Crippen molar-refractivity contribution in [2.75, 3.05) is 31.7 Å². The zero-order valence-electron chi connectivity index (χ0n) is 11.3. The molecule has 0 amide bonds. The van der Waals surface area contributed by atoms with Crippen molar-refractivity contribution in [1.29, 1.82) is 0 Å². The molecular formula is C13H16N2O5. The van der Waals surface area contributed by atoms with Gasteiger partial charge in [0.2, 0.25) is 0 Å². The third kappa shape index (κ3) is 2.88. The van der Waals surface area contributed by atoms with Crippen LogP contribution in [0.1, 0.15) is 16.1 Å². The summed E-state index contributed by atoms with van der Waals surface area (Å²) in [6, 6.07) is 3.32. The predicted octanol–water partition coefficient (Wildman–Crippen LogP) is 0.466. The molecule has 0 aliphatic carbocycles. The van der Waals surface area contributed by atoms with Gasteiger partial charge in [-0.1, -0.05) is 0 Å². The van der Waals surface area contributed by atoms with E-state index in [9.17, 15) is 9.59 Å². The van der Waals surface area contributed by atoms with Crippen molar-refractivity contribution < 1.29 is 24.2 Å².